The molecule has 0 fully saturated rings. The molecule has 0 atom stereocenters. The Labute approximate surface area is 123 Å². The Hall–Kier alpha value is -2.56. The highest BCUT2D eigenvalue weighted by molar-refractivity contribution is 6.02. The van der Waals surface area contributed by atoms with Crippen LogP contribution < -0.4 is 10.2 Å². The van der Waals surface area contributed by atoms with E-state index in [4.69, 9.17) is 9.15 Å². The van der Waals surface area contributed by atoms with Crippen molar-refractivity contribution in [2.75, 3.05) is 7.11 Å². The van der Waals surface area contributed by atoms with Crippen molar-refractivity contribution in [1.82, 2.24) is 5.43 Å². The fraction of sp³-hybridized carbons (Fsp3) is 0.250. The minimum Gasteiger partial charge on any atom is -0.497 e. The average Bonchev–Trinajstić information content (AvgIpc) is 2.94. The van der Waals surface area contributed by atoms with Gasteiger partial charge in [-0.3, -0.25) is 4.79 Å². The van der Waals surface area contributed by atoms with E-state index < -0.39 is 0 Å². The second-order valence-corrected chi connectivity index (χ2v) is 4.47. The second kappa shape index (κ2) is 6.74. The third-order valence-electron chi connectivity index (χ3n) is 3.15. The van der Waals surface area contributed by atoms with Gasteiger partial charge in [0, 0.05) is 0 Å². The molecule has 5 nitrogen and oxygen atoms in total. The lowest BCUT2D eigenvalue weighted by Gasteiger charge is -2.06. The second-order valence-electron chi connectivity index (χ2n) is 4.47. The molecule has 0 bridgehead atoms. The maximum absolute atomic E-state index is 12.0. The van der Waals surface area contributed by atoms with Gasteiger partial charge >= 0.3 is 0 Å². The van der Waals surface area contributed by atoms with Crippen molar-refractivity contribution >= 4 is 11.6 Å². The van der Waals surface area contributed by atoms with E-state index in [1.165, 1.54) is 6.26 Å². The van der Waals surface area contributed by atoms with Gasteiger partial charge in [-0.15, -0.1) is 0 Å². The molecule has 2 rings (SSSR count). The predicted octanol–water partition coefficient (Wildman–Crippen LogP) is 3.14. The Morgan fingerprint density at radius 1 is 1.29 bits per heavy atom. The number of amides is 1. The number of hydrogen-bond acceptors (Lipinski definition) is 4. The standard InChI is InChI=1S/C16H18N2O3/c1-4-15(12-5-7-13(20-3)8-6-12)17-18-16(19)14-9-10-21-11(14)2/h5-10H,4H2,1-3H3,(H,18,19)/b17-15+. The van der Waals surface area contributed by atoms with Gasteiger partial charge in [0.05, 0.1) is 24.6 Å². The number of ether oxygens (including phenoxy) is 1. The molecule has 2 aromatic rings. The molecule has 21 heavy (non-hydrogen) atoms. The quantitative estimate of drug-likeness (QED) is 0.678. The van der Waals surface area contributed by atoms with Crippen molar-refractivity contribution in [2.24, 2.45) is 5.10 Å². The van der Waals surface area contributed by atoms with Crippen molar-refractivity contribution in [2.45, 2.75) is 20.3 Å². The number of carbonyl (C=O) groups excluding carboxylic acids is 1. The maximum atomic E-state index is 12.0. The number of rotatable bonds is 5. The number of furan rings is 1. The molecule has 1 amide bonds. The van der Waals surface area contributed by atoms with Crippen LogP contribution in [0.25, 0.3) is 0 Å². The predicted molar refractivity (Wildman–Crippen MR) is 80.7 cm³/mol. The van der Waals surface area contributed by atoms with Crippen LogP contribution in [0.4, 0.5) is 0 Å². The number of nitrogens with zero attached hydrogens (tertiary/aromatic N) is 1. The van der Waals surface area contributed by atoms with Crippen LogP contribution in [0.15, 0.2) is 46.1 Å². The van der Waals surface area contributed by atoms with Crippen LogP contribution in [-0.4, -0.2) is 18.7 Å². The highest BCUT2D eigenvalue weighted by Crippen LogP contribution is 2.13. The van der Waals surface area contributed by atoms with E-state index in [0.29, 0.717) is 17.7 Å². The highest BCUT2D eigenvalue weighted by Gasteiger charge is 2.11. The van der Waals surface area contributed by atoms with Crippen LogP contribution in [0.5, 0.6) is 5.75 Å². The van der Waals surface area contributed by atoms with Crippen molar-refractivity contribution < 1.29 is 13.9 Å². The zero-order valence-corrected chi connectivity index (χ0v) is 12.3. The van der Waals surface area contributed by atoms with Gasteiger partial charge in [-0.05, 0) is 49.2 Å². The van der Waals surface area contributed by atoms with E-state index in [-0.39, 0.29) is 5.91 Å². The molecule has 1 heterocycles. The van der Waals surface area contributed by atoms with Gasteiger partial charge < -0.3 is 9.15 Å². The van der Waals surface area contributed by atoms with Gasteiger partial charge in [0.2, 0.25) is 0 Å². The van der Waals surface area contributed by atoms with Crippen LogP contribution in [0.3, 0.4) is 0 Å². The maximum Gasteiger partial charge on any atom is 0.274 e. The molecule has 0 radical (unpaired) electrons. The van der Waals surface area contributed by atoms with Gasteiger partial charge in [0.1, 0.15) is 11.5 Å². The lowest BCUT2D eigenvalue weighted by Crippen LogP contribution is -2.20. The van der Waals surface area contributed by atoms with Crippen molar-refractivity contribution in [3.05, 3.63) is 53.5 Å². The van der Waals surface area contributed by atoms with Gasteiger partial charge in [-0.25, -0.2) is 5.43 Å². The SMILES string of the molecule is CC/C(=N\NC(=O)c1ccoc1C)c1ccc(OC)cc1. The Bertz CT molecular complexity index is 642. The highest BCUT2D eigenvalue weighted by atomic mass is 16.5. The zero-order chi connectivity index (χ0) is 15.2. The zero-order valence-electron chi connectivity index (χ0n) is 12.3. The summed E-state index contributed by atoms with van der Waals surface area (Å²) in [6.07, 6.45) is 2.19. The fourth-order valence-electron chi connectivity index (χ4n) is 1.93. The van der Waals surface area contributed by atoms with E-state index >= 15 is 0 Å². The third kappa shape index (κ3) is 3.51. The molecule has 0 spiro atoms. The molecule has 1 N–H and O–H groups in total. The van der Waals surface area contributed by atoms with Gasteiger partial charge in [0.15, 0.2) is 0 Å². The summed E-state index contributed by atoms with van der Waals surface area (Å²) in [7, 11) is 1.62. The number of nitrogens with one attached hydrogen (secondary N) is 1. The number of methoxy groups -OCH3 is 1. The average molecular weight is 286 g/mol. The Morgan fingerprint density at radius 3 is 2.52 bits per heavy atom. The first kappa shape index (κ1) is 14.8. The third-order valence-corrected chi connectivity index (χ3v) is 3.15. The molecular formula is C16H18N2O3. The normalized spacial score (nSPS) is 11.3. The molecule has 0 unspecified atom stereocenters. The van der Waals surface area contributed by atoms with Gasteiger partial charge in [-0.1, -0.05) is 6.92 Å². The number of hydrogen-bond donors (Lipinski definition) is 1. The molecule has 0 aliphatic heterocycles. The van der Waals surface area contributed by atoms with Crippen LogP contribution in [0, 0.1) is 6.92 Å². The number of carbonyl (C=O) groups is 1. The lowest BCUT2D eigenvalue weighted by atomic mass is 10.1. The molecule has 0 aliphatic rings. The summed E-state index contributed by atoms with van der Waals surface area (Å²) in [5.74, 6) is 1.08. The molecule has 1 aromatic heterocycles. The molecule has 1 aromatic carbocycles. The molecule has 0 saturated carbocycles. The fourth-order valence-corrected chi connectivity index (χ4v) is 1.93. The first-order valence-electron chi connectivity index (χ1n) is 6.71. The van der Waals surface area contributed by atoms with Gasteiger partial charge in [-0.2, -0.15) is 5.10 Å². The Balaban J connectivity index is 2.13. The molecule has 0 saturated heterocycles. The minimum absolute atomic E-state index is 0.277. The molecule has 5 heteroatoms. The van der Waals surface area contributed by atoms with E-state index in [1.807, 2.05) is 31.2 Å². The van der Waals surface area contributed by atoms with Crippen LogP contribution in [0.1, 0.15) is 35.0 Å². The molecule has 0 aliphatic carbocycles. The van der Waals surface area contributed by atoms with Crippen LogP contribution >= 0.6 is 0 Å². The summed E-state index contributed by atoms with van der Waals surface area (Å²) in [6.45, 7) is 3.72. The van der Waals surface area contributed by atoms with E-state index in [1.54, 1.807) is 20.1 Å². The Kier molecular flexibility index (Phi) is 4.77. The summed E-state index contributed by atoms with van der Waals surface area (Å²) < 4.78 is 10.2. The monoisotopic (exact) mass is 286 g/mol. The largest absolute Gasteiger partial charge is 0.497 e. The van der Waals surface area contributed by atoms with E-state index in [2.05, 4.69) is 10.5 Å². The van der Waals surface area contributed by atoms with E-state index in [0.717, 1.165) is 17.0 Å². The van der Waals surface area contributed by atoms with Crippen LogP contribution in [0.2, 0.25) is 0 Å². The summed E-state index contributed by atoms with van der Waals surface area (Å²) in [6, 6.07) is 9.18. The smallest absolute Gasteiger partial charge is 0.274 e. The van der Waals surface area contributed by atoms with Crippen molar-refractivity contribution in [1.29, 1.82) is 0 Å². The summed E-state index contributed by atoms with van der Waals surface area (Å²) in [5.41, 5.74) is 4.80. The Morgan fingerprint density at radius 2 is 2.00 bits per heavy atom. The van der Waals surface area contributed by atoms with Crippen LogP contribution in [-0.2, 0) is 0 Å². The molecule has 110 valence electrons. The van der Waals surface area contributed by atoms with E-state index in [9.17, 15) is 4.79 Å². The van der Waals surface area contributed by atoms with Crippen molar-refractivity contribution in [3.8, 4) is 5.75 Å². The summed E-state index contributed by atoms with van der Waals surface area (Å²) in [4.78, 5) is 12.0. The number of hydrazone groups is 1. The van der Waals surface area contributed by atoms with Gasteiger partial charge in [0.25, 0.3) is 5.91 Å². The first-order chi connectivity index (χ1) is 10.2. The number of aryl methyl sites for hydroxylation is 1. The summed E-state index contributed by atoms with van der Waals surface area (Å²) in [5, 5.41) is 4.20. The minimum atomic E-state index is -0.277. The first-order valence-corrected chi connectivity index (χ1v) is 6.71. The lowest BCUT2D eigenvalue weighted by molar-refractivity contribution is 0.0953. The molecular weight excluding hydrogens is 268 g/mol. The number of benzene rings is 1. The summed E-state index contributed by atoms with van der Waals surface area (Å²) >= 11 is 0. The van der Waals surface area contributed by atoms with Crippen molar-refractivity contribution in [3.63, 3.8) is 0 Å². The topological polar surface area (TPSA) is 63.8 Å².